The summed E-state index contributed by atoms with van der Waals surface area (Å²) in [7, 11) is 2.06. The fourth-order valence-corrected chi connectivity index (χ4v) is 5.63. The topological polar surface area (TPSA) is 69.7 Å². The van der Waals surface area contributed by atoms with E-state index in [4.69, 9.17) is 23.2 Å². The number of benzene rings is 2. The number of anilines is 2. The number of nitrogens with one attached hydrogen (secondary N) is 1. The van der Waals surface area contributed by atoms with E-state index in [-0.39, 0.29) is 17.0 Å². The highest BCUT2D eigenvalue weighted by Crippen LogP contribution is 2.45. The monoisotopic (exact) mass is 517 g/mol. The minimum Gasteiger partial charge on any atom is -0.369 e. The van der Waals surface area contributed by atoms with Crippen LogP contribution in [0.25, 0.3) is 6.08 Å². The van der Waals surface area contributed by atoms with E-state index in [9.17, 15) is 14.4 Å². The number of carbonyl (C=O) groups excluding carboxylic acids is 3. The van der Waals surface area contributed by atoms with Crippen molar-refractivity contribution in [3.8, 4) is 0 Å². The van der Waals surface area contributed by atoms with Crippen LogP contribution in [0.4, 0.5) is 16.2 Å². The molecule has 6 nitrogen and oxygen atoms in total. The smallest absolute Gasteiger partial charge is 0.294 e. The Morgan fingerprint density at radius 1 is 1.24 bits per heavy atom. The van der Waals surface area contributed by atoms with Crippen molar-refractivity contribution in [2.75, 3.05) is 23.8 Å². The summed E-state index contributed by atoms with van der Waals surface area (Å²) >= 11 is 13.3. The maximum Gasteiger partial charge on any atom is 0.294 e. The zero-order valence-corrected chi connectivity index (χ0v) is 21.6. The molecule has 34 heavy (non-hydrogen) atoms. The molecule has 0 unspecified atom stereocenters. The van der Waals surface area contributed by atoms with Crippen LogP contribution in [0.3, 0.4) is 0 Å². The zero-order chi connectivity index (χ0) is 24.8. The standard InChI is InChI=1S/C25H25Cl2N3O3S/c1-14-12-25(2,3)29(4)20-11-19(27)15(8-18(14)20)9-21-23(32)30(24(33)34-21)13-22(31)28-17-7-5-6-16(26)10-17/h5-11,14H,12-13H2,1-4H3,(H,28,31)/b21-9-/t14-/m1/s1. The van der Waals surface area contributed by atoms with Gasteiger partial charge in [-0.2, -0.15) is 0 Å². The third kappa shape index (κ3) is 4.83. The molecule has 0 aliphatic carbocycles. The van der Waals surface area contributed by atoms with Gasteiger partial charge in [-0.1, -0.05) is 36.2 Å². The second kappa shape index (κ2) is 9.29. The molecule has 1 N–H and O–H groups in total. The number of imide groups is 1. The highest BCUT2D eigenvalue weighted by molar-refractivity contribution is 8.18. The first-order valence-electron chi connectivity index (χ1n) is 10.8. The number of carbonyl (C=O) groups is 3. The van der Waals surface area contributed by atoms with Crippen LogP contribution in [0, 0.1) is 0 Å². The Kier molecular flexibility index (Phi) is 6.73. The summed E-state index contributed by atoms with van der Waals surface area (Å²) in [6.07, 6.45) is 2.62. The van der Waals surface area contributed by atoms with Gasteiger partial charge in [0.2, 0.25) is 5.91 Å². The van der Waals surface area contributed by atoms with Gasteiger partial charge >= 0.3 is 0 Å². The average Bonchev–Trinajstić information content (AvgIpc) is 3.00. The summed E-state index contributed by atoms with van der Waals surface area (Å²) in [4.78, 5) is 41.2. The summed E-state index contributed by atoms with van der Waals surface area (Å²) in [5.74, 6) is -0.690. The first-order valence-corrected chi connectivity index (χ1v) is 12.4. The molecular weight excluding hydrogens is 493 g/mol. The highest BCUT2D eigenvalue weighted by atomic mass is 35.5. The lowest BCUT2D eigenvalue weighted by Crippen LogP contribution is -2.45. The van der Waals surface area contributed by atoms with E-state index >= 15 is 0 Å². The van der Waals surface area contributed by atoms with Crippen LogP contribution in [0.1, 0.15) is 44.2 Å². The Morgan fingerprint density at radius 3 is 2.68 bits per heavy atom. The Balaban J connectivity index is 1.54. The second-order valence-corrected chi connectivity index (χ2v) is 11.1. The molecule has 0 bridgehead atoms. The number of rotatable bonds is 4. The van der Waals surface area contributed by atoms with Gasteiger partial charge in [-0.05, 0) is 85.5 Å². The van der Waals surface area contributed by atoms with Crippen molar-refractivity contribution in [2.24, 2.45) is 0 Å². The largest absolute Gasteiger partial charge is 0.369 e. The second-order valence-electron chi connectivity index (χ2n) is 9.24. The summed E-state index contributed by atoms with van der Waals surface area (Å²) < 4.78 is 0. The lowest BCUT2D eigenvalue weighted by molar-refractivity contribution is -0.127. The van der Waals surface area contributed by atoms with E-state index in [0.717, 1.165) is 34.3 Å². The number of thioether (sulfide) groups is 1. The Bertz CT molecular complexity index is 1230. The van der Waals surface area contributed by atoms with Gasteiger partial charge in [0.1, 0.15) is 6.54 Å². The normalized spacial score (nSPS) is 20.6. The molecule has 3 amide bonds. The van der Waals surface area contributed by atoms with Crippen molar-refractivity contribution in [3.05, 3.63) is 62.5 Å². The highest BCUT2D eigenvalue weighted by Gasteiger charge is 2.37. The van der Waals surface area contributed by atoms with E-state index in [0.29, 0.717) is 27.2 Å². The minimum atomic E-state index is -0.517. The molecule has 1 saturated heterocycles. The fraction of sp³-hybridized carbons (Fsp3) is 0.320. The van der Waals surface area contributed by atoms with Crippen LogP contribution in [0.2, 0.25) is 10.0 Å². The maximum absolute atomic E-state index is 12.9. The van der Waals surface area contributed by atoms with Crippen molar-refractivity contribution in [3.63, 3.8) is 0 Å². The number of amides is 3. The summed E-state index contributed by atoms with van der Waals surface area (Å²) in [6.45, 7) is 6.20. The third-order valence-electron chi connectivity index (χ3n) is 6.32. The molecule has 0 spiro atoms. The Morgan fingerprint density at radius 2 is 1.97 bits per heavy atom. The van der Waals surface area contributed by atoms with Crippen LogP contribution in [-0.2, 0) is 9.59 Å². The van der Waals surface area contributed by atoms with E-state index in [1.54, 1.807) is 30.3 Å². The minimum absolute atomic E-state index is 0.00553. The predicted molar refractivity (Wildman–Crippen MR) is 140 cm³/mol. The Labute approximate surface area is 213 Å². The molecule has 178 valence electrons. The number of fused-ring (bicyclic) bond motifs is 1. The fourth-order valence-electron chi connectivity index (χ4n) is 4.40. The van der Waals surface area contributed by atoms with Gasteiger partial charge in [0.15, 0.2) is 0 Å². The molecule has 1 fully saturated rings. The molecule has 2 aromatic carbocycles. The first kappa shape index (κ1) is 24.6. The molecule has 2 aliphatic rings. The molecule has 9 heteroatoms. The number of hydrogen-bond acceptors (Lipinski definition) is 5. The molecular formula is C25H25Cl2N3O3S. The lowest BCUT2D eigenvalue weighted by Gasteiger charge is -2.45. The molecule has 4 rings (SSSR count). The first-order chi connectivity index (χ1) is 16.0. The summed E-state index contributed by atoms with van der Waals surface area (Å²) in [5.41, 5.74) is 3.39. The molecule has 0 saturated carbocycles. The number of hydrogen-bond donors (Lipinski definition) is 1. The quantitative estimate of drug-likeness (QED) is 0.475. The van der Waals surface area contributed by atoms with Crippen LogP contribution >= 0.6 is 35.0 Å². The van der Waals surface area contributed by atoms with E-state index in [1.165, 1.54) is 0 Å². The van der Waals surface area contributed by atoms with Crippen LogP contribution in [-0.4, -0.2) is 41.1 Å². The van der Waals surface area contributed by atoms with Gasteiger partial charge in [-0.25, -0.2) is 0 Å². The van der Waals surface area contributed by atoms with Crippen LogP contribution < -0.4 is 10.2 Å². The average molecular weight is 518 g/mol. The molecule has 2 aromatic rings. The van der Waals surface area contributed by atoms with Crippen molar-refractivity contribution in [2.45, 2.75) is 38.6 Å². The van der Waals surface area contributed by atoms with Crippen molar-refractivity contribution >= 4 is 69.5 Å². The van der Waals surface area contributed by atoms with Crippen LogP contribution in [0.15, 0.2) is 41.3 Å². The summed E-state index contributed by atoms with van der Waals surface area (Å²) in [6, 6.07) is 10.6. The molecule has 0 aromatic heterocycles. The Hall–Kier alpha value is -2.48. The van der Waals surface area contributed by atoms with Crippen molar-refractivity contribution in [1.29, 1.82) is 0 Å². The van der Waals surface area contributed by atoms with Gasteiger partial charge in [0, 0.05) is 34.0 Å². The van der Waals surface area contributed by atoms with Gasteiger partial charge < -0.3 is 10.2 Å². The van der Waals surface area contributed by atoms with Gasteiger partial charge in [-0.15, -0.1) is 0 Å². The predicted octanol–water partition coefficient (Wildman–Crippen LogP) is 6.39. The van der Waals surface area contributed by atoms with Gasteiger partial charge in [-0.3, -0.25) is 19.3 Å². The molecule has 2 heterocycles. The zero-order valence-electron chi connectivity index (χ0n) is 19.3. The SMILES string of the molecule is C[C@@H]1CC(C)(C)N(C)c2cc(Cl)c(/C=C3\SC(=O)N(CC(=O)Nc4cccc(Cl)c4)C3=O)cc21. The lowest BCUT2D eigenvalue weighted by atomic mass is 9.80. The molecule has 2 aliphatic heterocycles. The van der Waals surface area contributed by atoms with E-state index in [1.807, 2.05) is 12.1 Å². The van der Waals surface area contributed by atoms with E-state index in [2.05, 4.69) is 38.0 Å². The van der Waals surface area contributed by atoms with Crippen LogP contribution in [0.5, 0.6) is 0 Å². The van der Waals surface area contributed by atoms with Crippen molar-refractivity contribution in [1.82, 2.24) is 4.90 Å². The summed E-state index contributed by atoms with van der Waals surface area (Å²) in [5, 5.41) is 3.12. The van der Waals surface area contributed by atoms with Gasteiger partial charge in [0.05, 0.1) is 4.91 Å². The number of nitrogens with zero attached hydrogens (tertiary/aromatic N) is 2. The number of halogens is 2. The third-order valence-corrected chi connectivity index (χ3v) is 7.79. The van der Waals surface area contributed by atoms with Crippen molar-refractivity contribution < 1.29 is 14.4 Å². The molecule has 1 atom stereocenters. The molecule has 0 radical (unpaired) electrons. The maximum atomic E-state index is 12.9. The van der Waals surface area contributed by atoms with Gasteiger partial charge in [0.25, 0.3) is 11.1 Å². The van der Waals surface area contributed by atoms with E-state index < -0.39 is 17.1 Å².